The Balaban J connectivity index is 2.33. The van der Waals surface area contributed by atoms with Gasteiger partial charge in [-0.25, -0.2) is 0 Å². The average molecular weight is 285 g/mol. The number of hydrogen-bond acceptors (Lipinski definition) is 1. The van der Waals surface area contributed by atoms with Gasteiger partial charge in [0.25, 0.3) is 0 Å². The fraction of sp³-hybridized carbons (Fsp3) is 0. The monoisotopic (exact) mass is 286 g/mol. The van der Waals surface area contributed by atoms with E-state index in [-0.39, 0.29) is 19.9 Å². The van der Waals surface area contributed by atoms with E-state index < -0.39 is 0 Å². The molecule has 0 aliphatic rings. The fourth-order valence-corrected chi connectivity index (χ4v) is 3.85. The third-order valence-corrected chi connectivity index (χ3v) is 4.79. The molecule has 0 fully saturated rings. The molecular formula is C15H10OSe. The standard InChI is InChI=1S/C15H10OSe/c16-15-12-8-4-5-9-14(12)17-10-13(15)11-6-2-1-3-7-11/h1-10H. The maximum atomic E-state index is 12.4. The minimum atomic E-state index is 0.153. The van der Waals surface area contributed by atoms with Crippen molar-refractivity contribution >= 4 is 24.1 Å². The summed E-state index contributed by atoms with van der Waals surface area (Å²) < 4.78 is 1.18. The molecule has 0 saturated heterocycles. The van der Waals surface area contributed by atoms with Crippen LogP contribution in [0, 0.1) is 0 Å². The SMILES string of the molecule is O=c1c(-c2ccccc2)c[se]c2ccccc12. The van der Waals surface area contributed by atoms with Gasteiger partial charge in [-0.1, -0.05) is 0 Å². The molecule has 1 aromatic heterocycles. The van der Waals surface area contributed by atoms with Crippen LogP contribution >= 0.6 is 0 Å². The molecule has 0 unspecified atom stereocenters. The third kappa shape index (κ3) is 1.86. The topological polar surface area (TPSA) is 17.1 Å². The summed E-state index contributed by atoms with van der Waals surface area (Å²) in [6.07, 6.45) is 0. The first-order valence-corrected chi connectivity index (χ1v) is 7.27. The Bertz CT molecular complexity index is 714. The minimum absolute atomic E-state index is 0.153. The van der Waals surface area contributed by atoms with Crippen LogP contribution in [0.25, 0.3) is 20.8 Å². The van der Waals surface area contributed by atoms with Crippen molar-refractivity contribution in [2.45, 2.75) is 0 Å². The van der Waals surface area contributed by atoms with Gasteiger partial charge in [-0.2, -0.15) is 0 Å². The maximum absolute atomic E-state index is 12.4. The van der Waals surface area contributed by atoms with Crippen molar-refractivity contribution in [3.05, 3.63) is 69.8 Å². The predicted molar refractivity (Wildman–Crippen MR) is 72.6 cm³/mol. The number of benzene rings is 2. The Kier molecular flexibility index (Phi) is 2.68. The van der Waals surface area contributed by atoms with Crippen molar-refractivity contribution in [1.82, 2.24) is 0 Å². The molecule has 0 radical (unpaired) electrons. The molecule has 82 valence electrons. The van der Waals surface area contributed by atoms with Crippen LogP contribution in [0.15, 0.2) is 64.3 Å². The van der Waals surface area contributed by atoms with Gasteiger partial charge in [0, 0.05) is 0 Å². The molecule has 0 N–H and O–H groups in total. The third-order valence-electron chi connectivity index (χ3n) is 2.76. The second kappa shape index (κ2) is 4.32. The Morgan fingerprint density at radius 2 is 1.53 bits per heavy atom. The summed E-state index contributed by atoms with van der Waals surface area (Å²) in [6, 6.07) is 17.8. The van der Waals surface area contributed by atoms with Crippen LogP contribution in [0.1, 0.15) is 0 Å². The molecule has 3 aromatic rings. The molecule has 2 heteroatoms. The van der Waals surface area contributed by atoms with Crippen molar-refractivity contribution in [1.29, 1.82) is 0 Å². The summed E-state index contributed by atoms with van der Waals surface area (Å²) in [5.41, 5.74) is 2.03. The normalized spacial score (nSPS) is 10.6. The second-order valence-corrected chi connectivity index (χ2v) is 5.75. The van der Waals surface area contributed by atoms with E-state index in [1.165, 1.54) is 4.26 Å². The Morgan fingerprint density at radius 3 is 2.35 bits per heavy atom. The summed E-state index contributed by atoms with van der Waals surface area (Å²) in [5, 5.41) is 0.869. The van der Waals surface area contributed by atoms with E-state index in [1.807, 2.05) is 54.6 Å². The molecular weight excluding hydrogens is 275 g/mol. The number of rotatable bonds is 1. The van der Waals surface area contributed by atoms with Gasteiger partial charge in [-0.15, -0.1) is 0 Å². The summed E-state index contributed by atoms with van der Waals surface area (Å²) in [6.45, 7) is 0. The molecule has 0 aliphatic heterocycles. The molecule has 0 spiro atoms. The van der Waals surface area contributed by atoms with Crippen LogP contribution in [0.2, 0.25) is 0 Å². The Labute approximate surface area is 105 Å². The zero-order valence-corrected chi connectivity index (χ0v) is 10.8. The van der Waals surface area contributed by atoms with E-state index in [1.54, 1.807) is 0 Å². The van der Waals surface area contributed by atoms with Gasteiger partial charge in [0.2, 0.25) is 0 Å². The fourth-order valence-electron chi connectivity index (χ4n) is 1.89. The molecule has 3 rings (SSSR count). The second-order valence-electron chi connectivity index (χ2n) is 3.84. The molecule has 1 nitrogen and oxygen atoms in total. The van der Waals surface area contributed by atoms with Crippen LogP contribution < -0.4 is 5.43 Å². The van der Waals surface area contributed by atoms with Crippen LogP contribution in [-0.2, 0) is 0 Å². The van der Waals surface area contributed by atoms with Crippen LogP contribution in [0.4, 0.5) is 0 Å². The summed E-state index contributed by atoms with van der Waals surface area (Å²) in [5.74, 6) is 0. The van der Waals surface area contributed by atoms with Crippen LogP contribution in [-0.4, -0.2) is 14.5 Å². The molecule has 0 bridgehead atoms. The molecule has 1 heterocycles. The molecule has 0 atom stereocenters. The summed E-state index contributed by atoms with van der Waals surface area (Å²) >= 11 is 0.260. The van der Waals surface area contributed by atoms with E-state index in [0.29, 0.717) is 0 Å². The quantitative estimate of drug-likeness (QED) is 0.628. The van der Waals surface area contributed by atoms with Crippen molar-refractivity contribution in [2.24, 2.45) is 0 Å². The first kappa shape index (κ1) is 10.5. The van der Waals surface area contributed by atoms with Crippen LogP contribution in [0.3, 0.4) is 0 Å². The van der Waals surface area contributed by atoms with Gasteiger partial charge in [-0.05, 0) is 0 Å². The van der Waals surface area contributed by atoms with Gasteiger partial charge in [0.1, 0.15) is 0 Å². The van der Waals surface area contributed by atoms with E-state index in [0.717, 1.165) is 16.5 Å². The average Bonchev–Trinajstić information content (AvgIpc) is 2.40. The Hall–Kier alpha value is -1.63. The van der Waals surface area contributed by atoms with Gasteiger partial charge >= 0.3 is 105 Å². The molecule has 0 amide bonds. The van der Waals surface area contributed by atoms with Crippen molar-refractivity contribution in [3.63, 3.8) is 0 Å². The van der Waals surface area contributed by atoms with E-state index >= 15 is 0 Å². The van der Waals surface area contributed by atoms with Crippen molar-refractivity contribution in [2.75, 3.05) is 0 Å². The predicted octanol–water partition coefficient (Wildman–Crippen LogP) is 2.92. The van der Waals surface area contributed by atoms with Gasteiger partial charge in [0.15, 0.2) is 0 Å². The van der Waals surface area contributed by atoms with Gasteiger partial charge in [0.05, 0.1) is 0 Å². The number of fused-ring (bicyclic) bond motifs is 1. The van der Waals surface area contributed by atoms with Gasteiger partial charge < -0.3 is 0 Å². The zero-order valence-electron chi connectivity index (χ0n) is 9.09. The first-order valence-electron chi connectivity index (χ1n) is 5.42. The van der Waals surface area contributed by atoms with Crippen molar-refractivity contribution in [3.8, 4) is 11.1 Å². The van der Waals surface area contributed by atoms with Gasteiger partial charge in [-0.3, -0.25) is 0 Å². The van der Waals surface area contributed by atoms with E-state index in [2.05, 4.69) is 4.94 Å². The molecule has 0 saturated carbocycles. The number of hydrogen-bond donors (Lipinski definition) is 0. The molecule has 17 heavy (non-hydrogen) atoms. The Morgan fingerprint density at radius 1 is 0.824 bits per heavy atom. The summed E-state index contributed by atoms with van der Waals surface area (Å²) in [4.78, 5) is 14.4. The molecule has 2 aromatic carbocycles. The van der Waals surface area contributed by atoms with Crippen LogP contribution in [0.5, 0.6) is 0 Å². The zero-order chi connectivity index (χ0) is 11.7. The van der Waals surface area contributed by atoms with E-state index in [9.17, 15) is 4.79 Å². The molecule has 0 aliphatic carbocycles. The van der Waals surface area contributed by atoms with Crippen molar-refractivity contribution < 1.29 is 0 Å². The van der Waals surface area contributed by atoms with E-state index in [4.69, 9.17) is 0 Å². The first-order chi connectivity index (χ1) is 8.36. The summed E-state index contributed by atoms with van der Waals surface area (Å²) in [7, 11) is 0.